The van der Waals surface area contributed by atoms with Gasteiger partial charge in [0.1, 0.15) is 0 Å². The molecule has 0 N–H and O–H groups in total. The molecule has 2 aromatic rings. The van der Waals surface area contributed by atoms with Crippen molar-refractivity contribution in [3.05, 3.63) is 23.3 Å². The van der Waals surface area contributed by atoms with E-state index in [0.717, 1.165) is 24.2 Å². The maximum absolute atomic E-state index is 12.1. The molecule has 1 fully saturated rings. The SMILES string of the molecule is Cc1cc(C)n2nc(C(=O)O[C@@H]3CCCCC3=O)nc2n1. The average molecular weight is 288 g/mol. The molecule has 0 spiro atoms. The quantitative estimate of drug-likeness (QED) is 0.776. The molecule has 0 amide bonds. The first-order valence-electron chi connectivity index (χ1n) is 6.99. The van der Waals surface area contributed by atoms with Gasteiger partial charge in [-0.2, -0.15) is 4.98 Å². The third-order valence-corrected chi connectivity index (χ3v) is 3.55. The van der Waals surface area contributed by atoms with Crippen LogP contribution in [0.15, 0.2) is 6.07 Å². The lowest BCUT2D eigenvalue weighted by Crippen LogP contribution is -2.30. The third-order valence-electron chi connectivity index (χ3n) is 3.55. The predicted octanol–water partition coefficient (Wildman–Crippen LogP) is 1.41. The largest absolute Gasteiger partial charge is 0.448 e. The number of aryl methyl sites for hydroxylation is 2. The van der Waals surface area contributed by atoms with Gasteiger partial charge in [-0.1, -0.05) is 0 Å². The van der Waals surface area contributed by atoms with Crippen LogP contribution in [0.5, 0.6) is 0 Å². The van der Waals surface area contributed by atoms with Gasteiger partial charge in [0, 0.05) is 17.8 Å². The molecule has 0 aliphatic heterocycles. The Morgan fingerprint density at radius 3 is 2.90 bits per heavy atom. The Labute approximate surface area is 121 Å². The van der Waals surface area contributed by atoms with Crippen molar-refractivity contribution in [3.63, 3.8) is 0 Å². The van der Waals surface area contributed by atoms with Crippen molar-refractivity contribution >= 4 is 17.5 Å². The van der Waals surface area contributed by atoms with Gasteiger partial charge in [0.2, 0.25) is 0 Å². The molecule has 0 saturated heterocycles. The van der Waals surface area contributed by atoms with Crippen molar-refractivity contribution in [2.24, 2.45) is 0 Å². The van der Waals surface area contributed by atoms with E-state index in [9.17, 15) is 9.59 Å². The van der Waals surface area contributed by atoms with Gasteiger partial charge < -0.3 is 4.74 Å². The van der Waals surface area contributed by atoms with Gasteiger partial charge in [0.05, 0.1) is 0 Å². The van der Waals surface area contributed by atoms with E-state index >= 15 is 0 Å². The van der Waals surface area contributed by atoms with E-state index in [1.807, 2.05) is 19.9 Å². The zero-order chi connectivity index (χ0) is 15.0. The minimum atomic E-state index is -0.669. The van der Waals surface area contributed by atoms with Gasteiger partial charge in [-0.05, 0) is 39.2 Å². The summed E-state index contributed by atoms with van der Waals surface area (Å²) in [4.78, 5) is 32.1. The summed E-state index contributed by atoms with van der Waals surface area (Å²) in [6.07, 6.45) is 2.14. The molecule has 1 aliphatic carbocycles. The second kappa shape index (κ2) is 5.23. The van der Waals surface area contributed by atoms with Crippen molar-refractivity contribution < 1.29 is 14.3 Å². The minimum absolute atomic E-state index is 0.0245. The second-order valence-electron chi connectivity index (χ2n) is 5.29. The molecule has 3 rings (SSSR count). The van der Waals surface area contributed by atoms with E-state index in [1.54, 1.807) is 0 Å². The van der Waals surface area contributed by atoms with Gasteiger partial charge >= 0.3 is 5.97 Å². The van der Waals surface area contributed by atoms with Crippen molar-refractivity contribution in [2.75, 3.05) is 0 Å². The summed E-state index contributed by atoms with van der Waals surface area (Å²) in [5.74, 6) is -0.398. The van der Waals surface area contributed by atoms with Crippen LogP contribution in [0.25, 0.3) is 5.78 Å². The Kier molecular flexibility index (Phi) is 3.40. The van der Waals surface area contributed by atoms with Crippen LogP contribution in [0, 0.1) is 13.8 Å². The highest BCUT2D eigenvalue weighted by atomic mass is 16.5. The Hall–Kier alpha value is -2.31. The van der Waals surface area contributed by atoms with E-state index in [2.05, 4.69) is 15.1 Å². The molecule has 2 aromatic heterocycles. The van der Waals surface area contributed by atoms with E-state index in [4.69, 9.17) is 4.74 Å². The normalized spacial score (nSPS) is 19.0. The molecule has 1 aliphatic rings. The molecular formula is C14H16N4O3. The van der Waals surface area contributed by atoms with Gasteiger partial charge in [-0.15, -0.1) is 5.10 Å². The third kappa shape index (κ3) is 2.63. The fraction of sp³-hybridized carbons (Fsp3) is 0.500. The van der Waals surface area contributed by atoms with Crippen LogP contribution < -0.4 is 0 Å². The summed E-state index contributed by atoms with van der Waals surface area (Å²) in [6, 6.07) is 1.85. The van der Waals surface area contributed by atoms with Crippen molar-refractivity contribution in [2.45, 2.75) is 45.6 Å². The first-order valence-corrected chi connectivity index (χ1v) is 6.99. The van der Waals surface area contributed by atoms with Crippen LogP contribution >= 0.6 is 0 Å². The summed E-state index contributed by atoms with van der Waals surface area (Å²) in [6.45, 7) is 3.70. The smallest absolute Gasteiger partial charge is 0.379 e. The number of fused-ring (bicyclic) bond motifs is 1. The van der Waals surface area contributed by atoms with Crippen molar-refractivity contribution in [1.82, 2.24) is 19.6 Å². The summed E-state index contributed by atoms with van der Waals surface area (Å²) in [7, 11) is 0. The van der Waals surface area contributed by atoms with E-state index in [1.165, 1.54) is 4.52 Å². The van der Waals surface area contributed by atoms with Crippen LogP contribution in [-0.2, 0) is 9.53 Å². The summed E-state index contributed by atoms with van der Waals surface area (Å²) >= 11 is 0. The van der Waals surface area contributed by atoms with Gasteiger partial charge in [0.15, 0.2) is 11.9 Å². The highest BCUT2D eigenvalue weighted by molar-refractivity contribution is 5.90. The number of hydrogen-bond donors (Lipinski definition) is 0. The Balaban J connectivity index is 1.84. The number of ether oxygens (including phenoxy) is 1. The summed E-state index contributed by atoms with van der Waals surface area (Å²) in [5, 5.41) is 4.10. The summed E-state index contributed by atoms with van der Waals surface area (Å²) < 4.78 is 6.73. The van der Waals surface area contributed by atoms with Crippen molar-refractivity contribution in [1.29, 1.82) is 0 Å². The number of aromatic nitrogens is 4. The maximum Gasteiger partial charge on any atom is 0.379 e. The molecule has 0 radical (unpaired) electrons. The van der Waals surface area contributed by atoms with E-state index in [-0.39, 0.29) is 11.6 Å². The number of carbonyl (C=O) groups is 2. The zero-order valence-corrected chi connectivity index (χ0v) is 12.0. The standard InChI is InChI=1S/C14H16N4O3/c1-8-7-9(2)18-14(15-8)16-12(17-18)13(20)21-11-6-4-3-5-10(11)19/h7,11H,3-6H2,1-2H3/t11-/m1/s1. The van der Waals surface area contributed by atoms with Crippen molar-refractivity contribution in [3.8, 4) is 0 Å². The molecule has 7 nitrogen and oxygen atoms in total. The fourth-order valence-electron chi connectivity index (χ4n) is 2.51. The Morgan fingerprint density at radius 1 is 1.33 bits per heavy atom. The molecule has 1 atom stereocenters. The van der Waals surface area contributed by atoms with Crippen LogP contribution in [-0.4, -0.2) is 37.4 Å². The number of Topliss-reactive ketones (excluding diaryl/α,β-unsaturated/α-hetero) is 1. The topological polar surface area (TPSA) is 86.5 Å². The lowest BCUT2D eigenvalue weighted by molar-refractivity contribution is -0.130. The number of carbonyl (C=O) groups excluding carboxylic acids is 2. The zero-order valence-electron chi connectivity index (χ0n) is 12.0. The van der Waals surface area contributed by atoms with Gasteiger partial charge in [-0.25, -0.2) is 14.3 Å². The molecule has 0 bridgehead atoms. The van der Waals surface area contributed by atoms with Gasteiger partial charge in [-0.3, -0.25) is 4.79 Å². The monoisotopic (exact) mass is 288 g/mol. The molecule has 2 heterocycles. The second-order valence-corrected chi connectivity index (χ2v) is 5.29. The average Bonchev–Trinajstić information content (AvgIpc) is 2.85. The Bertz CT molecular complexity index is 722. The fourth-order valence-corrected chi connectivity index (χ4v) is 2.51. The van der Waals surface area contributed by atoms with E-state index < -0.39 is 12.1 Å². The molecular weight excluding hydrogens is 272 g/mol. The molecule has 7 heteroatoms. The molecule has 21 heavy (non-hydrogen) atoms. The number of nitrogens with zero attached hydrogens (tertiary/aromatic N) is 4. The van der Waals surface area contributed by atoms with Crippen LogP contribution in [0.2, 0.25) is 0 Å². The van der Waals surface area contributed by atoms with Crippen LogP contribution in [0.1, 0.15) is 47.7 Å². The Morgan fingerprint density at radius 2 is 2.14 bits per heavy atom. The van der Waals surface area contributed by atoms with Gasteiger partial charge in [0.25, 0.3) is 11.6 Å². The van der Waals surface area contributed by atoms with E-state index in [0.29, 0.717) is 18.6 Å². The minimum Gasteiger partial charge on any atom is -0.448 e. The lowest BCUT2D eigenvalue weighted by atomic mass is 9.96. The number of esters is 1. The van der Waals surface area contributed by atoms with Crippen LogP contribution in [0.4, 0.5) is 0 Å². The highest BCUT2D eigenvalue weighted by Gasteiger charge is 2.28. The first kappa shape index (κ1) is 13.7. The summed E-state index contributed by atoms with van der Waals surface area (Å²) in [5.41, 5.74) is 1.63. The molecule has 1 saturated carbocycles. The lowest BCUT2D eigenvalue weighted by Gasteiger charge is -2.19. The predicted molar refractivity (Wildman–Crippen MR) is 72.9 cm³/mol. The number of hydrogen-bond acceptors (Lipinski definition) is 6. The highest BCUT2D eigenvalue weighted by Crippen LogP contribution is 2.18. The molecule has 0 unspecified atom stereocenters. The first-order chi connectivity index (χ1) is 10.0. The number of rotatable bonds is 2. The van der Waals surface area contributed by atoms with Crippen LogP contribution in [0.3, 0.4) is 0 Å². The number of ketones is 1. The maximum atomic E-state index is 12.1. The molecule has 0 aromatic carbocycles. The molecule has 110 valence electrons.